The lowest BCUT2D eigenvalue weighted by atomic mass is 10.0. The highest BCUT2D eigenvalue weighted by atomic mass is 32.2. The van der Waals surface area contributed by atoms with Gasteiger partial charge in [0.25, 0.3) is 11.5 Å². The van der Waals surface area contributed by atoms with Crippen molar-refractivity contribution in [1.29, 1.82) is 0 Å². The van der Waals surface area contributed by atoms with Crippen LogP contribution < -0.4 is 20.5 Å². The molecule has 2 unspecified atom stereocenters. The van der Waals surface area contributed by atoms with Gasteiger partial charge in [-0.15, -0.1) is 17.9 Å². The van der Waals surface area contributed by atoms with Gasteiger partial charge in [-0.05, 0) is 60.1 Å². The first-order valence-electron chi connectivity index (χ1n) is 18.8. The number of anilines is 1. The van der Waals surface area contributed by atoms with E-state index in [0.29, 0.717) is 42.6 Å². The Kier molecular flexibility index (Phi) is 10.6. The van der Waals surface area contributed by atoms with Gasteiger partial charge < -0.3 is 19.9 Å². The highest BCUT2D eigenvalue weighted by Gasteiger charge is 2.62. The number of aromatic nitrogens is 2. The standard InChI is InChI=1S/C39H47N7O8S2/c1-6-26-20-39(26,37(50)42-56(52,53)28-12-13-28)41-34(47)29-19-27-22-45(29)36(49)33(23(2)3)44(5)38(51)54-16-9-7-8-15-43(4)30-21-40-46(27)35(48)32(30)25-11-10-24-14-17-55-31(24)18-25/h6-7,9-11,14,17-18,21,23,26-29,33H,1,8,12-13,15-16,19-20,22H2,2-5H3,(H,41,47)(H,42,50)/b9-7+/t26?,27-,29+,33+,39?/m1/s1. The molecule has 3 aliphatic heterocycles. The quantitative estimate of drug-likeness (QED) is 0.321. The fraction of sp³-hybridized carbons (Fsp3) is 0.487. The number of hydrogen-bond acceptors (Lipinski definition) is 11. The van der Waals surface area contributed by atoms with Crippen LogP contribution in [-0.2, 0) is 29.1 Å². The maximum atomic E-state index is 14.8. The summed E-state index contributed by atoms with van der Waals surface area (Å²) in [4.78, 5) is 75.2. The molecule has 0 radical (unpaired) electrons. The second-order valence-electron chi connectivity index (χ2n) is 15.5. The molecule has 4 amide bonds. The molecule has 1 aromatic carbocycles. The molecule has 15 nitrogen and oxygen atoms in total. The number of carbonyl (C=O) groups is 4. The van der Waals surface area contributed by atoms with E-state index in [2.05, 4.69) is 21.7 Å². The highest BCUT2D eigenvalue weighted by molar-refractivity contribution is 7.91. The number of fused-ring (bicyclic) bond motifs is 12. The third kappa shape index (κ3) is 7.33. The number of amides is 4. The topological polar surface area (TPSA) is 180 Å². The smallest absolute Gasteiger partial charge is 0.410 e. The van der Waals surface area contributed by atoms with E-state index in [1.807, 2.05) is 47.7 Å². The molecule has 4 bridgehead atoms. The Labute approximate surface area is 329 Å². The lowest BCUT2D eigenvalue weighted by molar-refractivity contribution is -0.144. The zero-order valence-corrected chi connectivity index (χ0v) is 33.5. The lowest BCUT2D eigenvalue weighted by Crippen LogP contribution is -2.59. The van der Waals surface area contributed by atoms with Gasteiger partial charge in [-0.1, -0.05) is 44.2 Å². The van der Waals surface area contributed by atoms with Crippen molar-refractivity contribution in [2.75, 3.05) is 38.7 Å². The van der Waals surface area contributed by atoms with E-state index in [1.54, 1.807) is 37.5 Å². The summed E-state index contributed by atoms with van der Waals surface area (Å²) in [6.07, 6.45) is 7.52. The van der Waals surface area contributed by atoms with Crippen molar-refractivity contribution >= 4 is 60.9 Å². The molecular formula is C39H47N7O8S2. The van der Waals surface area contributed by atoms with Crippen molar-refractivity contribution in [3.05, 3.63) is 71.0 Å². The molecule has 3 aromatic rings. The summed E-state index contributed by atoms with van der Waals surface area (Å²) < 4.78 is 35.5. The van der Waals surface area contributed by atoms with Crippen LogP contribution in [0.2, 0.25) is 0 Å². The fourth-order valence-electron chi connectivity index (χ4n) is 7.87. The molecule has 2 N–H and O–H groups in total. The Morgan fingerprint density at radius 2 is 1.89 bits per heavy atom. The maximum Gasteiger partial charge on any atom is 0.410 e. The first kappa shape index (κ1) is 39.2. The van der Waals surface area contributed by atoms with Crippen LogP contribution in [0.25, 0.3) is 21.2 Å². The normalized spacial score (nSPS) is 26.5. The van der Waals surface area contributed by atoms with Gasteiger partial charge in [0, 0.05) is 44.2 Å². The number of sulfonamides is 1. The maximum absolute atomic E-state index is 14.8. The van der Waals surface area contributed by atoms with Crippen molar-refractivity contribution < 1.29 is 32.3 Å². The molecule has 8 rings (SSSR count). The summed E-state index contributed by atoms with van der Waals surface area (Å²) in [6, 6.07) is 4.78. The van der Waals surface area contributed by atoms with Crippen molar-refractivity contribution in [1.82, 2.24) is 29.6 Å². The van der Waals surface area contributed by atoms with E-state index < -0.39 is 80.1 Å². The molecule has 298 valence electrons. The van der Waals surface area contributed by atoms with Crippen molar-refractivity contribution in [3.63, 3.8) is 0 Å². The van der Waals surface area contributed by atoms with Crippen molar-refractivity contribution in [2.45, 2.75) is 74.9 Å². The zero-order valence-electron chi connectivity index (χ0n) is 31.8. The largest absolute Gasteiger partial charge is 0.445 e. The molecule has 56 heavy (non-hydrogen) atoms. The second kappa shape index (κ2) is 15.1. The molecule has 5 atom stereocenters. The van der Waals surface area contributed by atoms with E-state index in [4.69, 9.17) is 4.74 Å². The molecule has 3 fully saturated rings. The van der Waals surface area contributed by atoms with E-state index in [9.17, 15) is 32.4 Å². The number of thiophene rings is 1. The molecule has 0 spiro atoms. The second-order valence-corrected chi connectivity index (χ2v) is 18.4. The van der Waals surface area contributed by atoms with Crippen LogP contribution >= 0.6 is 11.3 Å². The number of ether oxygens (including phenoxy) is 1. The number of rotatable bonds is 8. The Hall–Kier alpha value is -5.03. The minimum Gasteiger partial charge on any atom is -0.445 e. The monoisotopic (exact) mass is 805 g/mol. The predicted molar refractivity (Wildman–Crippen MR) is 212 cm³/mol. The number of carbonyl (C=O) groups excluding carboxylic acids is 4. The van der Waals surface area contributed by atoms with E-state index in [-0.39, 0.29) is 26.0 Å². The molecule has 5 aliphatic rings. The number of benzene rings is 1. The van der Waals surface area contributed by atoms with Crippen LogP contribution in [0.4, 0.5) is 10.5 Å². The summed E-state index contributed by atoms with van der Waals surface area (Å²) in [7, 11) is -0.599. The minimum absolute atomic E-state index is 0.0303. The summed E-state index contributed by atoms with van der Waals surface area (Å²) in [5.74, 6) is -3.11. The van der Waals surface area contributed by atoms with Gasteiger partial charge in [0.15, 0.2) is 0 Å². The summed E-state index contributed by atoms with van der Waals surface area (Å²) in [6.45, 7) is 7.71. The summed E-state index contributed by atoms with van der Waals surface area (Å²) in [5, 5.41) is 9.81. The van der Waals surface area contributed by atoms with Gasteiger partial charge in [0.05, 0.1) is 28.7 Å². The number of nitrogens with zero attached hydrogens (tertiary/aromatic N) is 5. The average molecular weight is 806 g/mol. The van der Waals surface area contributed by atoms with E-state index in [1.165, 1.54) is 27.6 Å². The van der Waals surface area contributed by atoms with Crippen LogP contribution in [0.15, 0.2) is 65.4 Å². The minimum atomic E-state index is -3.93. The highest BCUT2D eigenvalue weighted by Crippen LogP contribution is 2.46. The van der Waals surface area contributed by atoms with Crippen LogP contribution in [0, 0.1) is 11.8 Å². The van der Waals surface area contributed by atoms with Crippen LogP contribution in [0.5, 0.6) is 0 Å². The molecular weight excluding hydrogens is 759 g/mol. The van der Waals surface area contributed by atoms with E-state index >= 15 is 0 Å². The molecule has 2 aromatic heterocycles. The molecule has 2 saturated carbocycles. The van der Waals surface area contributed by atoms with Crippen LogP contribution in [0.3, 0.4) is 0 Å². The molecule has 17 heteroatoms. The number of nitrogens with one attached hydrogen (secondary N) is 2. The third-order valence-corrected chi connectivity index (χ3v) is 14.0. The Morgan fingerprint density at radius 3 is 2.59 bits per heavy atom. The zero-order chi connectivity index (χ0) is 40.1. The van der Waals surface area contributed by atoms with Gasteiger partial charge in [-0.3, -0.25) is 28.8 Å². The van der Waals surface area contributed by atoms with Gasteiger partial charge in [0.2, 0.25) is 21.8 Å². The Morgan fingerprint density at radius 1 is 1.12 bits per heavy atom. The van der Waals surface area contributed by atoms with Crippen LogP contribution in [-0.4, -0.2) is 108 Å². The predicted octanol–water partition coefficient (Wildman–Crippen LogP) is 3.43. The SMILES string of the molecule is C=CC1CC1(NC(=O)[C@@H]1C[C@@H]2CN1C(=O)[C@H](C(C)C)N(C)C(=O)OC/C=C/CCN(C)c1cnn2c(=O)c1-c1ccc2ccsc2c1)C(=O)NS(=O)(=O)C1CC1. The molecule has 1 saturated heterocycles. The first-order valence-corrected chi connectivity index (χ1v) is 21.3. The summed E-state index contributed by atoms with van der Waals surface area (Å²) >= 11 is 1.56. The lowest BCUT2D eigenvalue weighted by Gasteiger charge is -2.35. The Balaban J connectivity index is 1.30. The van der Waals surface area contributed by atoms with Gasteiger partial charge in [0.1, 0.15) is 24.2 Å². The third-order valence-electron chi connectivity index (χ3n) is 11.3. The number of hydrogen-bond donors (Lipinski definition) is 2. The molecule has 2 aliphatic carbocycles. The van der Waals surface area contributed by atoms with E-state index in [0.717, 1.165) is 10.1 Å². The van der Waals surface area contributed by atoms with Gasteiger partial charge in [-0.2, -0.15) is 5.10 Å². The first-order chi connectivity index (χ1) is 26.7. The van der Waals surface area contributed by atoms with Gasteiger partial charge >= 0.3 is 6.09 Å². The summed E-state index contributed by atoms with van der Waals surface area (Å²) in [5.41, 5.74) is -0.290. The molecule has 5 heterocycles. The van der Waals surface area contributed by atoms with Gasteiger partial charge in [-0.25, -0.2) is 17.9 Å². The average Bonchev–Trinajstić information content (AvgIpc) is 4.04. The fourth-order valence-corrected chi connectivity index (χ4v) is 10.1. The van der Waals surface area contributed by atoms with Crippen molar-refractivity contribution in [2.24, 2.45) is 11.8 Å². The van der Waals surface area contributed by atoms with Crippen molar-refractivity contribution in [3.8, 4) is 11.1 Å². The van der Waals surface area contributed by atoms with Crippen LogP contribution in [0.1, 0.15) is 52.0 Å². The Bertz CT molecular complexity index is 2280. The number of likely N-dealkylation sites (N-methyl/N-ethyl adjacent to an activating group) is 1.